The smallest absolute Gasteiger partial charge is 0.103 e. The van der Waals surface area contributed by atoms with Crippen molar-refractivity contribution in [2.24, 2.45) is 0 Å². The number of hydrogen-bond acceptors (Lipinski definition) is 0. The summed E-state index contributed by atoms with van der Waals surface area (Å²) in [5.41, 5.74) is 9.42. The second-order valence-electron chi connectivity index (χ2n) is 7.29. The molecule has 0 saturated heterocycles. The molecule has 0 atom stereocenters. The van der Waals surface area contributed by atoms with Gasteiger partial charge in [0.25, 0.3) is 0 Å². The van der Waals surface area contributed by atoms with Crippen LogP contribution in [0.1, 0.15) is 64.7 Å². The summed E-state index contributed by atoms with van der Waals surface area (Å²) < 4.78 is 0. The third-order valence-corrected chi connectivity index (χ3v) is 4.98. The monoisotopic (exact) mass is 302 g/mol. The standard InChI is InChI=1S/C22H27B/c1-15(14-23)7-8-16(2)18(4)19-9-10-21-20(13-19)17(3)11-12-22(21,5)6/h7-11,13-14H,12H2,1-6H3/b8-7+,15-14+,18-16+. The first-order valence-electron chi connectivity index (χ1n) is 8.32. The third-order valence-electron chi connectivity index (χ3n) is 4.98. The Kier molecular flexibility index (Phi) is 5.19. The molecule has 118 valence electrons. The molecule has 0 heterocycles. The van der Waals surface area contributed by atoms with Gasteiger partial charge in [0.2, 0.25) is 0 Å². The van der Waals surface area contributed by atoms with Crippen LogP contribution in [0.4, 0.5) is 0 Å². The Morgan fingerprint density at radius 1 is 1.13 bits per heavy atom. The minimum absolute atomic E-state index is 0.225. The van der Waals surface area contributed by atoms with Gasteiger partial charge in [0.15, 0.2) is 0 Å². The van der Waals surface area contributed by atoms with Crippen LogP contribution in [0.2, 0.25) is 0 Å². The molecule has 23 heavy (non-hydrogen) atoms. The van der Waals surface area contributed by atoms with Gasteiger partial charge in [-0.25, -0.2) is 0 Å². The predicted molar refractivity (Wildman–Crippen MR) is 105 cm³/mol. The topological polar surface area (TPSA) is 0 Å². The van der Waals surface area contributed by atoms with Crippen LogP contribution < -0.4 is 0 Å². The van der Waals surface area contributed by atoms with Gasteiger partial charge >= 0.3 is 0 Å². The van der Waals surface area contributed by atoms with Crippen LogP contribution in [0.15, 0.2) is 53.5 Å². The van der Waals surface area contributed by atoms with Crippen molar-refractivity contribution in [2.75, 3.05) is 0 Å². The Labute approximate surface area is 143 Å². The maximum Gasteiger partial charge on any atom is 0.103 e. The lowest BCUT2D eigenvalue weighted by Crippen LogP contribution is -2.21. The molecular formula is C22H27B. The van der Waals surface area contributed by atoms with Crippen molar-refractivity contribution in [1.29, 1.82) is 0 Å². The molecule has 0 fully saturated rings. The molecule has 1 aliphatic rings. The first-order chi connectivity index (χ1) is 10.8. The van der Waals surface area contributed by atoms with E-state index in [2.05, 4.69) is 71.0 Å². The van der Waals surface area contributed by atoms with Crippen molar-refractivity contribution in [3.63, 3.8) is 0 Å². The van der Waals surface area contributed by atoms with E-state index in [0.29, 0.717) is 0 Å². The maximum atomic E-state index is 5.53. The van der Waals surface area contributed by atoms with Gasteiger partial charge in [0, 0.05) is 0 Å². The van der Waals surface area contributed by atoms with E-state index in [1.807, 2.05) is 6.92 Å². The van der Waals surface area contributed by atoms with Gasteiger partial charge in [-0.15, -0.1) is 5.98 Å². The van der Waals surface area contributed by atoms with Crippen LogP contribution in [0.3, 0.4) is 0 Å². The molecule has 0 nitrogen and oxygen atoms in total. The van der Waals surface area contributed by atoms with Crippen LogP contribution >= 0.6 is 0 Å². The minimum Gasteiger partial charge on any atom is -0.129 e. The third kappa shape index (κ3) is 3.78. The molecule has 1 aromatic rings. The molecule has 1 aliphatic carbocycles. The Hall–Kier alpha value is -1.76. The molecule has 0 saturated carbocycles. The molecule has 1 heteroatoms. The number of hydrogen-bond donors (Lipinski definition) is 0. The first-order valence-corrected chi connectivity index (χ1v) is 8.32. The highest BCUT2D eigenvalue weighted by Gasteiger charge is 2.26. The van der Waals surface area contributed by atoms with Crippen molar-refractivity contribution in [1.82, 2.24) is 0 Å². The number of benzene rings is 1. The zero-order valence-electron chi connectivity index (χ0n) is 15.3. The summed E-state index contributed by atoms with van der Waals surface area (Å²) in [4.78, 5) is 0. The fourth-order valence-corrected chi connectivity index (χ4v) is 2.99. The van der Waals surface area contributed by atoms with Gasteiger partial charge in [0.05, 0.1) is 0 Å². The lowest BCUT2D eigenvalue weighted by molar-refractivity contribution is 0.527. The SMILES string of the molecule is [B]/C=C(C)/C=C/C(C)=C(\C)c1ccc2c(c1)C(C)=CCC2(C)C. The van der Waals surface area contributed by atoms with Crippen molar-refractivity contribution in [3.8, 4) is 0 Å². The van der Waals surface area contributed by atoms with E-state index in [-0.39, 0.29) is 5.41 Å². The van der Waals surface area contributed by atoms with Crippen molar-refractivity contribution in [3.05, 3.63) is 70.2 Å². The number of rotatable bonds is 3. The molecule has 1 aromatic carbocycles. The molecule has 0 amide bonds. The van der Waals surface area contributed by atoms with E-state index in [0.717, 1.165) is 12.0 Å². The minimum atomic E-state index is 0.225. The Balaban J connectivity index is 2.45. The molecule has 0 aliphatic heterocycles. The van der Waals surface area contributed by atoms with Crippen molar-refractivity contribution >= 4 is 19.0 Å². The van der Waals surface area contributed by atoms with Crippen LogP contribution in [-0.2, 0) is 5.41 Å². The lowest BCUT2D eigenvalue weighted by atomic mass is 9.73. The Bertz CT molecular complexity index is 724. The highest BCUT2D eigenvalue weighted by atomic mass is 14.3. The quantitative estimate of drug-likeness (QED) is 0.461. The van der Waals surface area contributed by atoms with E-state index in [4.69, 9.17) is 7.85 Å². The molecule has 2 rings (SSSR count). The van der Waals surface area contributed by atoms with E-state index >= 15 is 0 Å². The molecule has 0 N–H and O–H groups in total. The highest BCUT2D eigenvalue weighted by Crippen LogP contribution is 2.39. The van der Waals surface area contributed by atoms with Crippen LogP contribution in [0.5, 0.6) is 0 Å². The molecule has 0 aromatic heterocycles. The van der Waals surface area contributed by atoms with Gasteiger partial charge in [0.1, 0.15) is 7.85 Å². The Morgan fingerprint density at radius 3 is 2.48 bits per heavy atom. The van der Waals surface area contributed by atoms with E-state index in [1.165, 1.54) is 33.4 Å². The largest absolute Gasteiger partial charge is 0.129 e. The summed E-state index contributed by atoms with van der Waals surface area (Å²) in [6, 6.07) is 6.92. The van der Waals surface area contributed by atoms with Crippen molar-refractivity contribution in [2.45, 2.75) is 53.4 Å². The summed E-state index contributed by atoms with van der Waals surface area (Å²) in [6.45, 7) is 13.2. The lowest BCUT2D eigenvalue weighted by Gasteiger charge is -2.31. The van der Waals surface area contributed by atoms with Gasteiger partial charge in [-0.2, -0.15) is 0 Å². The number of allylic oxidation sites excluding steroid dienone is 7. The summed E-state index contributed by atoms with van der Waals surface area (Å²) >= 11 is 0. The average molecular weight is 302 g/mol. The molecule has 0 bridgehead atoms. The fraction of sp³-hybridized carbons (Fsp3) is 0.364. The fourth-order valence-electron chi connectivity index (χ4n) is 2.99. The van der Waals surface area contributed by atoms with Gasteiger partial charge < -0.3 is 0 Å². The molecular weight excluding hydrogens is 275 g/mol. The van der Waals surface area contributed by atoms with Gasteiger partial charge in [-0.05, 0) is 79.0 Å². The van der Waals surface area contributed by atoms with E-state index < -0.39 is 0 Å². The summed E-state index contributed by atoms with van der Waals surface area (Å²) in [5, 5.41) is 0. The van der Waals surface area contributed by atoms with Crippen LogP contribution in [-0.4, -0.2) is 7.85 Å². The zero-order chi connectivity index (χ0) is 17.2. The van der Waals surface area contributed by atoms with E-state index in [1.54, 1.807) is 5.98 Å². The summed E-state index contributed by atoms with van der Waals surface area (Å²) in [6.07, 6.45) is 7.69. The second-order valence-corrected chi connectivity index (χ2v) is 7.29. The normalized spacial score (nSPS) is 18.5. The van der Waals surface area contributed by atoms with Gasteiger partial charge in [-0.3, -0.25) is 0 Å². The summed E-state index contributed by atoms with van der Waals surface area (Å²) in [7, 11) is 5.53. The van der Waals surface area contributed by atoms with Crippen molar-refractivity contribution < 1.29 is 0 Å². The molecule has 0 unspecified atom stereocenters. The first kappa shape index (κ1) is 17.6. The molecule has 0 spiro atoms. The van der Waals surface area contributed by atoms with Crippen LogP contribution in [0, 0.1) is 0 Å². The average Bonchev–Trinajstić information content (AvgIpc) is 2.54. The second kappa shape index (κ2) is 6.78. The van der Waals surface area contributed by atoms with E-state index in [9.17, 15) is 0 Å². The molecule has 2 radical (unpaired) electrons. The predicted octanol–water partition coefficient (Wildman–Crippen LogP) is 6.19. The summed E-state index contributed by atoms with van der Waals surface area (Å²) in [5.74, 6) is 1.63. The maximum absolute atomic E-state index is 5.53. The van der Waals surface area contributed by atoms with Crippen LogP contribution in [0.25, 0.3) is 11.1 Å². The Morgan fingerprint density at radius 2 is 1.83 bits per heavy atom. The zero-order valence-corrected chi connectivity index (χ0v) is 15.3. The highest BCUT2D eigenvalue weighted by molar-refractivity contribution is 6.17. The van der Waals surface area contributed by atoms with Gasteiger partial charge in [-0.1, -0.05) is 49.8 Å². The number of fused-ring (bicyclic) bond motifs is 1.